The van der Waals surface area contributed by atoms with Crippen molar-refractivity contribution < 1.29 is 10.0 Å². The average Bonchev–Trinajstić information content (AvgIpc) is 2.20. The first-order chi connectivity index (χ1) is 7.91. The molecule has 0 saturated heterocycles. The molecule has 90 valence electrons. The van der Waals surface area contributed by atoms with Crippen LogP contribution >= 0.6 is 12.2 Å². The average molecular weight is 254 g/mol. The van der Waals surface area contributed by atoms with E-state index >= 15 is 0 Å². The Kier molecular flexibility index (Phi) is 3.94. The van der Waals surface area contributed by atoms with Crippen molar-refractivity contribution in [2.75, 3.05) is 0 Å². The number of rotatable bonds is 3. The summed E-state index contributed by atoms with van der Waals surface area (Å²) in [5.41, 5.74) is 7.88. The zero-order chi connectivity index (χ0) is 13.0. The van der Waals surface area contributed by atoms with Crippen molar-refractivity contribution >= 4 is 29.2 Å². The van der Waals surface area contributed by atoms with Gasteiger partial charge in [-0.15, -0.1) is 0 Å². The highest BCUT2D eigenvalue weighted by atomic mass is 32.1. The lowest BCUT2D eigenvalue weighted by Gasteiger charge is -2.02. The second-order valence-electron chi connectivity index (χ2n) is 3.19. The van der Waals surface area contributed by atoms with Crippen LogP contribution in [0, 0.1) is 17.0 Å². The van der Waals surface area contributed by atoms with Crippen molar-refractivity contribution in [3.05, 3.63) is 33.4 Å². The van der Waals surface area contributed by atoms with Crippen LogP contribution in [0.2, 0.25) is 0 Å². The molecule has 0 bridgehead atoms. The molecule has 0 heterocycles. The van der Waals surface area contributed by atoms with Crippen LogP contribution in [0.5, 0.6) is 5.75 Å². The van der Waals surface area contributed by atoms with Gasteiger partial charge in [0.15, 0.2) is 5.11 Å². The molecule has 0 aliphatic heterocycles. The fourth-order valence-electron chi connectivity index (χ4n) is 1.16. The number of aryl methyl sites for hydroxylation is 1. The van der Waals surface area contributed by atoms with Crippen LogP contribution in [0.1, 0.15) is 11.1 Å². The van der Waals surface area contributed by atoms with Crippen molar-refractivity contribution in [2.45, 2.75) is 6.92 Å². The largest absolute Gasteiger partial charge is 0.507 e. The van der Waals surface area contributed by atoms with Crippen LogP contribution in [-0.4, -0.2) is 21.4 Å². The van der Waals surface area contributed by atoms with Gasteiger partial charge in [-0.25, -0.2) is 0 Å². The molecule has 0 saturated carbocycles. The fraction of sp³-hybridized carbons (Fsp3) is 0.111. The van der Waals surface area contributed by atoms with Gasteiger partial charge in [-0.1, -0.05) is 0 Å². The van der Waals surface area contributed by atoms with Gasteiger partial charge >= 0.3 is 0 Å². The van der Waals surface area contributed by atoms with Crippen molar-refractivity contribution in [1.82, 2.24) is 5.43 Å². The van der Waals surface area contributed by atoms with E-state index in [1.807, 2.05) is 0 Å². The number of phenols is 1. The standard InChI is InChI=1S/C9H10N4O3S/c1-5-2-8(14)6(3-7(5)13(15)16)4-11-12-9(10)17/h2-4,14H,1H3,(H3,10,12,17). The van der Waals surface area contributed by atoms with E-state index in [1.54, 1.807) is 0 Å². The summed E-state index contributed by atoms with van der Waals surface area (Å²) in [6.45, 7) is 1.53. The summed E-state index contributed by atoms with van der Waals surface area (Å²) >= 11 is 4.51. The highest BCUT2D eigenvalue weighted by Crippen LogP contribution is 2.25. The molecule has 0 aliphatic carbocycles. The Morgan fingerprint density at radius 3 is 2.88 bits per heavy atom. The number of hydrogen-bond acceptors (Lipinski definition) is 5. The Morgan fingerprint density at radius 1 is 1.71 bits per heavy atom. The number of hydrogen-bond donors (Lipinski definition) is 3. The number of nitrogens with two attached hydrogens (primary N) is 1. The third-order valence-electron chi connectivity index (χ3n) is 1.92. The molecule has 0 radical (unpaired) electrons. The molecule has 17 heavy (non-hydrogen) atoms. The summed E-state index contributed by atoms with van der Waals surface area (Å²) < 4.78 is 0. The molecule has 0 aliphatic rings. The summed E-state index contributed by atoms with van der Waals surface area (Å²) in [6, 6.07) is 2.51. The molecule has 0 unspecified atom stereocenters. The van der Waals surface area contributed by atoms with Gasteiger partial charge in [0.1, 0.15) is 5.75 Å². The molecule has 1 rings (SSSR count). The summed E-state index contributed by atoms with van der Waals surface area (Å²) in [5.74, 6) is -0.110. The maximum atomic E-state index is 10.7. The third-order valence-corrected chi connectivity index (χ3v) is 2.01. The zero-order valence-electron chi connectivity index (χ0n) is 8.88. The maximum absolute atomic E-state index is 10.7. The molecule has 0 atom stereocenters. The van der Waals surface area contributed by atoms with Gasteiger partial charge in [-0.2, -0.15) is 5.10 Å². The Bertz CT molecular complexity index is 501. The normalized spacial score (nSPS) is 10.4. The van der Waals surface area contributed by atoms with Crippen LogP contribution in [0.15, 0.2) is 17.2 Å². The van der Waals surface area contributed by atoms with Crippen LogP contribution in [0.25, 0.3) is 0 Å². The second kappa shape index (κ2) is 5.21. The molecule has 0 fully saturated rings. The number of nitrogens with zero attached hydrogens (tertiary/aromatic N) is 2. The summed E-state index contributed by atoms with van der Waals surface area (Å²) in [7, 11) is 0. The minimum atomic E-state index is -0.535. The Morgan fingerprint density at radius 2 is 2.35 bits per heavy atom. The number of nitrogens with one attached hydrogen (secondary N) is 1. The molecule has 0 aromatic heterocycles. The maximum Gasteiger partial charge on any atom is 0.273 e. The Labute approximate surface area is 102 Å². The van der Waals surface area contributed by atoms with E-state index in [4.69, 9.17) is 5.73 Å². The van der Waals surface area contributed by atoms with E-state index in [0.29, 0.717) is 5.56 Å². The lowest BCUT2D eigenvalue weighted by molar-refractivity contribution is -0.385. The highest BCUT2D eigenvalue weighted by Gasteiger charge is 2.13. The number of hydrazone groups is 1. The highest BCUT2D eigenvalue weighted by molar-refractivity contribution is 7.80. The van der Waals surface area contributed by atoms with Crippen molar-refractivity contribution in [2.24, 2.45) is 10.8 Å². The molecule has 4 N–H and O–H groups in total. The van der Waals surface area contributed by atoms with Gasteiger partial charge in [0.05, 0.1) is 11.1 Å². The Balaban J connectivity index is 3.07. The topological polar surface area (TPSA) is 114 Å². The van der Waals surface area contributed by atoms with Gasteiger partial charge in [0.2, 0.25) is 0 Å². The lowest BCUT2D eigenvalue weighted by Crippen LogP contribution is -2.24. The van der Waals surface area contributed by atoms with Crippen molar-refractivity contribution in [3.8, 4) is 5.75 Å². The molecular formula is C9H10N4O3S. The quantitative estimate of drug-likeness (QED) is 0.318. The first-order valence-electron chi connectivity index (χ1n) is 4.48. The van der Waals surface area contributed by atoms with Crippen LogP contribution in [0.4, 0.5) is 5.69 Å². The number of thiocarbonyl (C=S) groups is 1. The number of nitro benzene ring substituents is 1. The molecule has 0 amide bonds. The van der Waals surface area contributed by atoms with E-state index in [2.05, 4.69) is 22.7 Å². The Hall–Kier alpha value is -2.22. The predicted molar refractivity (Wildman–Crippen MR) is 67.0 cm³/mol. The number of nitro groups is 1. The minimum absolute atomic E-state index is 0.0395. The van der Waals surface area contributed by atoms with Gasteiger partial charge in [0, 0.05) is 17.2 Å². The molecule has 1 aromatic carbocycles. The van der Waals surface area contributed by atoms with Crippen molar-refractivity contribution in [3.63, 3.8) is 0 Å². The number of phenolic OH excluding ortho intramolecular Hbond substituents is 1. The smallest absolute Gasteiger partial charge is 0.273 e. The molecule has 7 nitrogen and oxygen atoms in total. The molecule has 1 aromatic rings. The summed E-state index contributed by atoms with van der Waals surface area (Å²) in [4.78, 5) is 10.2. The van der Waals surface area contributed by atoms with Gasteiger partial charge in [-0.05, 0) is 25.2 Å². The molecule has 8 heteroatoms. The number of aromatic hydroxyl groups is 1. The summed E-state index contributed by atoms with van der Waals surface area (Å²) in [6.07, 6.45) is 1.20. The van der Waals surface area contributed by atoms with Gasteiger partial charge < -0.3 is 10.8 Å². The van der Waals surface area contributed by atoms with E-state index in [1.165, 1.54) is 25.3 Å². The first-order valence-corrected chi connectivity index (χ1v) is 4.89. The predicted octanol–water partition coefficient (Wildman–Crippen LogP) is 0.776. The van der Waals surface area contributed by atoms with E-state index in [0.717, 1.165) is 0 Å². The van der Waals surface area contributed by atoms with Crippen LogP contribution < -0.4 is 11.2 Å². The second-order valence-corrected chi connectivity index (χ2v) is 3.63. The van der Waals surface area contributed by atoms with Crippen LogP contribution in [0.3, 0.4) is 0 Å². The first kappa shape index (κ1) is 12.8. The zero-order valence-corrected chi connectivity index (χ0v) is 9.69. The SMILES string of the molecule is Cc1cc(O)c(C=NNC(N)=S)cc1[N+](=O)[O-]. The monoisotopic (exact) mass is 254 g/mol. The number of benzene rings is 1. The van der Waals surface area contributed by atoms with E-state index in [-0.39, 0.29) is 22.1 Å². The molecule has 0 spiro atoms. The van der Waals surface area contributed by atoms with Crippen LogP contribution in [-0.2, 0) is 0 Å². The van der Waals surface area contributed by atoms with Crippen molar-refractivity contribution in [1.29, 1.82) is 0 Å². The molecular weight excluding hydrogens is 244 g/mol. The van der Waals surface area contributed by atoms with Gasteiger partial charge in [0.25, 0.3) is 5.69 Å². The summed E-state index contributed by atoms with van der Waals surface area (Å²) in [5, 5.41) is 23.8. The minimum Gasteiger partial charge on any atom is -0.507 e. The van der Waals surface area contributed by atoms with E-state index < -0.39 is 4.92 Å². The third kappa shape index (κ3) is 3.38. The van der Waals surface area contributed by atoms with Gasteiger partial charge in [-0.3, -0.25) is 15.5 Å². The van der Waals surface area contributed by atoms with E-state index in [9.17, 15) is 15.2 Å². The fourth-order valence-corrected chi connectivity index (χ4v) is 1.22. The lowest BCUT2D eigenvalue weighted by atomic mass is 10.1.